The predicted octanol–water partition coefficient (Wildman–Crippen LogP) is 3.47. The predicted molar refractivity (Wildman–Crippen MR) is 66.1 cm³/mol. The second-order valence-electron chi connectivity index (χ2n) is 3.96. The van der Waals surface area contributed by atoms with Crippen LogP contribution >= 0.6 is 15.9 Å². The van der Waals surface area contributed by atoms with Gasteiger partial charge in [-0.1, -0.05) is 15.9 Å². The van der Waals surface area contributed by atoms with Gasteiger partial charge >= 0.3 is 6.18 Å². The van der Waals surface area contributed by atoms with Gasteiger partial charge in [0.15, 0.2) is 0 Å². The maximum absolute atomic E-state index is 12.3. The monoisotopic (exact) mass is 310 g/mol. The van der Waals surface area contributed by atoms with E-state index in [1.54, 1.807) is 25.1 Å². The van der Waals surface area contributed by atoms with E-state index in [1.165, 1.54) is 7.05 Å². The molecule has 6 heteroatoms. The number of anilines is 1. The van der Waals surface area contributed by atoms with Crippen LogP contribution in [-0.2, 0) is 0 Å². The quantitative estimate of drug-likeness (QED) is 0.926. The average Bonchev–Trinajstić information content (AvgIpc) is 2.14. The molecule has 17 heavy (non-hydrogen) atoms. The summed E-state index contributed by atoms with van der Waals surface area (Å²) >= 11 is 3.28. The van der Waals surface area contributed by atoms with Crippen molar-refractivity contribution in [2.24, 2.45) is 5.73 Å². The minimum atomic E-state index is -4.23. The highest BCUT2D eigenvalue weighted by Crippen LogP contribution is 2.29. The lowest BCUT2D eigenvalue weighted by molar-refractivity contribution is -0.119. The number of benzene rings is 1. The van der Waals surface area contributed by atoms with E-state index >= 15 is 0 Å². The lowest BCUT2D eigenvalue weighted by atomic mass is 10.1. The van der Waals surface area contributed by atoms with Gasteiger partial charge in [-0.05, 0) is 30.7 Å². The van der Waals surface area contributed by atoms with Gasteiger partial charge < -0.3 is 10.6 Å². The molecule has 0 fully saturated rings. The molecule has 2 nitrogen and oxygen atoms in total. The second kappa shape index (κ2) is 5.27. The number of alkyl halides is 3. The third-order valence-electron chi connectivity index (χ3n) is 2.31. The van der Waals surface area contributed by atoms with Crippen LogP contribution < -0.4 is 10.6 Å². The van der Waals surface area contributed by atoms with Crippen LogP contribution in [0.1, 0.15) is 18.5 Å². The van der Waals surface area contributed by atoms with E-state index in [9.17, 15) is 13.2 Å². The van der Waals surface area contributed by atoms with E-state index in [4.69, 9.17) is 5.73 Å². The highest BCUT2D eigenvalue weighted by Gasteiger charge is 2.30. The molecular formula is C11H14BrF3N2. The molecule has 1 atom stereocenters. The maximum atomic E-state index is 12.3. The van der Waals surface area contributed by atoms with Crippen molar-refractivity contribution in [1.82, 2.24) is 0 Å². The molecule has 1 unspecified atom stereocenters. The molecule has 0 amide bonds. The third kappa shape index (κ3) is 4.20. The minimum absolute atomic E-state index is 0.321. The lowest BCUT2D eigenvalue weighted by Gasteiger charge is -2.25. The summed E-state index contributed by atoms with van der Waals surface area (Å²) in [5, 5.41) is 0. The molecule has 0 heterocycles. The second-order valence-corrected chi connectivity index (χ2v) is 4.88. The highest BCUT2D eigenvalue weighted by atomic mass is 79.9. The van der Waals surface area contributed by atoms with Crippen LogP contribution in [0.4, 0.5) is 18.9 Å². The van der Waals surface area contributed by atoms with E-state index < -0.39 is 12.7 Å². The van der Waals surface area contributed by atoms with E-state index in [0.29, 0.717) is 11.3 Å². The summed E-state index contributed by atoms with van der Waals surface area (Å²) in [4.78, 5) is 1.16. The summed E-state index contributed by atoms with van der Waals surface area (Å²) in [5.41, 5.74) is 6.94. The van der Waals surface area contributed by atoms with Crippen LogP contribution in [0.2, 0.25) is 0 Å². The molecule has 2 N–H and O–H groups in total. The molecule has 0 radical (unpaired) electrons. The van der Waals surface area contributed by atoms with Crippen LogP contribution in [0.3, 0.4) is 0 Å². The molecule has 0 aliphatic carbocycles. The summed E-state index contributed by atoms with van der Waals surface area (Å²) < 4.78 is 37.8. The van der Waals surface area contributed by atoms with Gasteiger partial charge in [0, 0.05) is 23.2 Å². The van der Waals surface area contributed by atoms with Crippen molar-refractivity contribution in [3.05, 3.63) is 28.2 Å². The van der Waals surface area contributed by atoms with Gasteiger partial charge in [-0.25, -0.2) is 0 Å². The van der Waals surface area contributed by atoms with Gasteiger partial charge in [0.2, 0.25) is 0 Å². The normalized spacial score (nSPS) is 13.6. The third-order valence-corrected chi connectivity index (χ3v) is 2.80. The molecule has 0 bridgehead atoms. The Labute approximate surface area is 107 Å². The molecule has 0 spiro atoms. The Morgan fingerprint density at radius 3 is 2.47 bits per heavy atom. The topological polar surface area (TPSA) is 29.3 Å². The van der Waals surface area contributed by atoms with Crippen molar-refractivity contribution < 1.29 is 13.2 Å². The van der Waals surface area contributed by atoms with Crippen LogP contribution in [0.25, 0.3) is 0 Å². The summed E-state index contributed by atoms with van der Waals surface area (Å²) in [6.07, 6.45) is -4.23. The highest BCUT2D eigenvalue weighted by molar-refractivity contribution is 9.10. The molecule has 1 aromatic rings. The number of hydrogen-bond donors (Lipinski definition) is 1. The number of nitrogens with two attached hydrogens (primary N) is 1. The van der Waals surface area contributed by atoms with E-state index in [1.807, 2.05) is 0 Å². The van der Waals surface area contributed by atoms with E-state index in [2.05, 4.69) is 15.9 Å². The first-order valence-corrected chi connectivity index (χ1v) is 5.83. The fourth-order valence-electron chi connectivity index (χ4n) is 1.59. The van der Waals surface area contributed by atoms with Gasteiger partial charge in [0.1, 0.15) is 6.54 Å². The molecule has 1 rings (SSSR count). The lowest BCUT2D eigenvalue weighted by Crippen LogP contribution is -2.32. The summed E-state index contributed by atoms with van der Waals surface area (Å²) in [6, 6.07) is 4.76. The minimum Gasteiger partial charge on any atom is -0.365 e. The van der Waals surface area contributed by atoms with Crippen molar-refractivity contribution in [2.75, 3.05) is 18.5 Å². The Morgan fingerprint density at radius 2 is 2.00 bits per heavy atom. The molecular weight excluding hydrogens is 297 g/mol. The smallest absolute Gasteiger partial charge is 0.365 e. The first-order chi connectivity index (χ1) is 7.70. The molecule has 0 aliphatic rings. The number of halogens is 4. The Morgan fingerprint density at radius 1 is 1.41 bits per heavy atom. The van der Waals surface area contributed by atoms with Crippen molar-refractivity contribution in [2.45, 2.75) is 19.1 Å². The molecule has 0 aromatic heterocycles. The van der Waals surface area contributed by atoms with Gasteiger partial charge in [-0.3, -0.25) is 0 Å². The maximum Gasteiger partial charge on any atom is 0.405 e. The summed E-state index contributed by atoms with van der Waals surface area (Å²) in [6.45, 7) is 0.751. The van der Waals surface area contributed by atoms with E-state index in [-0.39, 0.29) is 6.04 Å². The zero-order chi connectivity index (χ0) is 13.2. The Kier molecular flexibility index (Phi) is 4.43. The Hall–Kier alpha value is -0.750. The van der Waals surface area contributed by atoms with Crippen molar-refractivity contribution >= 4 is 21.6 Å². The summed E-state index contributed by atoms with van der Waals surface area (Å²) in [7, 11) is 1.41. The summed E-state index contributed by atoms with van der Waals surface area (Å²) in [5.74, 6) is 0. The molecule has 0 aliphatic heterocycles. The number of rotatable bonds is 3. The van der Waals surface area contributed by atoms with E-state index in [0.717, 1.165) is 9.37 Å². The van der Waals surface area contributed by atoms with Crippen molar-refractivity contribution in [3.63, 3.8) is 0 Å². The fourth-order valence-corrected chi connectivity index (χ4v) is 1.97. The van der Waals surface area contributed by atoms with Crippen LogP contribution in [0, 0.1) is 0 Å². The van der Waals surface area contributed by atoms with Gasteiger partial charge in [-0.15, -0.1) is 0 Å². The van der Waals surface area contributed by atoms with Crippen molar-refractivity contribution in [1.29, 1.82) is 0 Å². The zero-order valence-electron chi connectivity index (χ0n) is 9.55. The van der Waals surface area contributed by atoms with Gasteiger partial charge in [0.25, 0.3) is 0 Å². The molecule has 0 saturated carbocycles. The van der Waals surface area contributed by atoms with Crippen LogP contribution in [0.15, 0.2) is 22.7 Å². The SMILES string of the molecule is CC(N)c1cc(Br)ccc1N(C)CC(F)(F)F. The Balaban J connectivity index is 3.04. The number of nitrogens with zero attached hydrogens (tertiary/aromatic N) is 1. The molecule has 0 saturated heterocycles. The first-order valence-electron chi connectivity index (χ1n) is 5.03. The first kappa shape index (κ1) is 14.3. The molecule has 1 aromatic carbocycles. The van der Waals surface area contributed by atoms with Gasteiger partial charge in [-0.2, -0.15) is 13.2 Å². The molecule has 96 valence electrons. The standard InChI is InChI=1S/C11H14BrF3N2/c1-7(16)9-5-8(12)3-4-10(9)17(2)6-11(13,14)15/h3-5,7H,6,16H2,1-2H3. The average molecular weight is 311 g/mol. The fraction of sp³-hybridized carbons (Fsp3) is 0.455. The van der Waals surface area contributed by atoms with Crippen LogP contribution in [-0.4, -0.2) is 19.8 Å². The van der Waals surface area contributed by atoms with Gasteiger partial charge in [0.05, 0.1) is 0 Å². The largest absolute Gasteiger partial charge is 0.405 e. The zero-order valence-corrected chi connectivity index (χ0v) is 11.1. The number of hydrogen-bond acceptors (Lipinski definition) is 2. The van der Waals surface area contributed by atoms with Crippen LogP contribution in [0.5, 0.6) is 0 Å². The van der Waals surface area contributed by atoms with Crippen molar-refractivity contribution in [3.8, 4) is 0 Å². The Bertz CT molecular complexity index is 391.